The number of hydrogen-bond donors (Lipinski definition) is 0. The first-order valence-corrected chi connectivity index (χ1v) is 9.71. The van der Waals surface area contributed by atoms with Gasteiger partial charge in [-0.1, -0.05) is 54.2 Å². The highest BCUT2D eigenvalue weighted by atomic mass is 32.2. The van der Waals surface area contributed by atoms with Crippen LogP contribution in [0.4, 0.5) is 0 Å². The van der Waals surface area contributed by atoms with Crippen LogP contribution in [0.1, 0.15) is 39.0 Å². The van der Waals surface area contributed by atoms with Gasteiger partial charge in [0.05, 0.1) is 17.0 Å². The SMILES string of the molecule is CCn1c(Cc2ccccc2)nnc1SCN1C(=O)c2ccccc2C1=O. The third kappa shape index (κ3) is 3.26. The lowest BCUT2D eigenvalue weighted by atomic mass is 10.1. The summed E-state index contributed by atoms with van der Waals surface area (Å²) in [6.07, 6.45) is 0.690. The van der Waals surface area contributed by atoms with Gasteiger partial charge in [-0.15, -0.1) is 10.2 Å². The summed E-state index contributed by atoms with van der Waals surface area (Å²) in [4.78, 5) is 26.2. The Morgan fingerprint density at radius 1 is 0.889 bits per heavy atom. The van der Waals surface area contributed by atoms with Gasteiger partial charge >= 0.3 is 0 Å². The minimum atomic E-state index is -0.254. The van der Waals surface area contributed by atoms with Gasteiger partial charge in [0.25, 0.3) is 11.8 Å². The molecule has 0 spiro atoms. The van der Waals surface area contributed by atoms with Crippen molar-refractivity contribution in [3.05, 3.63) is 77.1 Å². The highest BCUT2D eigenvalue weighted by Gasteiger charge is 2.35. The molecule has 7 heteroatoms. The molecule has 1 aromatic heterocycles. The molecule has 4 rings (SSSR count). The third-order valence-electron chi connectivity index (χ3n) is 4.52. The summed E-state index contributed by atoms with van der Waals surface area (Å²) in [5, 5.41) is 9.29. The Hall–Kier alpha value is -2.93. The Bertz CT molecular complexity index is 965. The molecule has 6 nitrogen and oxygen atoms in total. The number of nitrogens with zero attached hydrogens (tertiary/aromatic N) is 4. The number of aromatic nitrogens is 3. The fraction of sp³-hybridized carbons (Fsp3) is 0.200. The van der Waals surface area contributed by atoms with Crippen LogP contribution in [0.25, 0.3) is 0 Å². The molecule has 0 atom stereocenters. The van der Waals surface area contributed by atoms with Crippen molar-refractivity contribution in [2.24, 2.45) is 0 Å². The minimum Gasteiger partial charge on any atom is -0.306 e. The molecule has 2 aromatic carbocycles. The molecule has 2 amide bonds. The number of benzene rings is 2. The largest absolute Gasteiger partial charge is 0.306 e. The number of fused-ring (bicyclic) bond motifs is 1. The smallest absolute Gasteiger partial charge is 0.262 e. The van der Waals surface area contributed by atoms with Crippen molar-refractivity contribution in [2.45, 2.75) is 25.0 Å². The standard InChI is InChI=1S/C20H18N4O2S/c1-2-23-17(12-14-8-4-3-5-9-14)21-22-20(23)27-13-24-18(25)15-10-6-7-11-16(15)19(24)26/h3-11H,2,12-13H2,1H3. The van der Waals surface area contributed by atoms with Crippen LogP contribution in [-0.4, -0.2) is 37.4 Å². The summed E-state index contributed by atoms with van der Waals surface area (Å²) < 4.78 is 2.02. The van der Waals surface area contributed by atoms with E-state index >= 15 is 0 Å². The minimum absolute atomic E-state index is 0.218. The second-order valence-electron chi connectivity index (χ2n) is 6.16. The van der Waals surface area contributed by atoms with Gasteiger partial charge in [0.15, 0.2) is 5.16 Å². The van der Waals surface area contributed by atoms with Gasteiger partial charge in [-0.2, -0.15) is 0 Å². The third-order valence-corrected chi connectivity index (χ3v) is 5.46. The van der Waals surface area contributed by atoms with E-state index in [0.717, 1.165) is 17.9 Å². The second kappa shape index (κ2) is 7.36. The molecule has 2 heterocycles. The maximum absolute atomic E-state index is 12.5. The molecule has 27 heavy (non-hydrogen) atoms. The van der Waals surface area contributed by atoms with Gasteiger partial charge in [-0.25, -0.2) is 0 Å². The molecule has 136 valence electrons. The maximum atomic E-state index is 12.5. The molecule has 0 unspecified atom stereocenters. The Kier molecular flexibility index (Phi) is 4.77. The van der Waals surface area contributed by atoms with E-state index in [1.165, 1.54) is 16.7 Å². The zero-order valence-electron chi connectivity index (χ0n) is 14.8. The first kappa shape index (κ1) is 17.5. The Morgan fingerprint density at radius 2 is 1.52 bits per heavy atom. The molecular formula is C20H18N4O2S. The number of imide groups is 1. The molecule has 0 saturated carbocycles. The van der Waals surface area contributed by atoms with Gasteiger partial charge in [-0.05, 0) is 24.6 Å². The van der Waals surface area contributed by atoms with Crippen molar-refractivity contribution in [1.82, 2.24) is 19.7 Å². The van der Waals surface area contributed by atoms with E-state index in [1.807, 2.05) is 29.7 Å². The van der Waals surface area contributed by atoms with Gasteiger partial charge < -0.3 is 4.57 Å². The fourth-order valence-corrected chi connectivity index (χ4v) is 4.10. The van der Waals surface area contributed by atoms with Gasteiger partial charge in [0.2, 0.25) is 0 Å². The van der Waals surface area contributed by atoms with E-state index in [9.17, 15) is 9.59 Å². The molecule has 1 aliphatic rings. The quantitative estimate of drug-likeness (QED) is 0.487. The highest BCUT2D eigenvalue weighted by molar-refractivity contribution is 7.99. The van der Waals surface area contributed by atoms with Crippen LogP contribution in [0, 0.1) is 0 Å². The molecule has 0 N–H and O–H groups in total. The van der Waals surface area contributed by atoms with E-state index < -0.39 is 0 Å². The summed E-state index contributed by atoms with van der Waals surface area (Å²) in [5.74, 6) is 0.578. The van der Waals surface area contributed by atoms with Crippen molar-refractivity contribution >= 4 is 23.6 Å². The Balaban J connectivity index is 1.49. The predicted octanol–water partition coefficient (Wildman–Crippen LogP) is 3.23. The first-order valence-electron chi connectivity index (χ1n) is 8.73. The van der Waals surface area contributed by atoms with E-state index in [4.69, 9.17) is 0 Å². The second-order valence-corrected chi connectivity index (χ2v) is 7.07. The number of thioether (sulfide) groups is 1. The Morgan fingerprint density at radius 3 is 2.15 bits per heavy atom. The van der Waals surface area contributed by atoms with E-state index in [1.54, 1.807) is 24.3 Å². The summed E-state index contributed by atoms with van der Waals surface area (Å²) in [6, 6.07) is 17.0. The predicted molar refractivity (Wildman–Crippen MR) is 103 cm³/mol. The zero-order valence-corrected chi connectivity index (χ0v) is 15.6. The summed E-state index contributed by atoms with van der Waals surface area (Å²) in [6.45, 7) is 2.75. The molecule has 0 saturated heterocycles. The fourth-order valence-electron chi connectivity index (χ4n) is 3.13. The molecule has 0 aliphatic carbocycles. The van der Waals surface area contributed by atoms with Crippen LogP contribution in [0.5, 0.6) is 0 Å². The first-order chi connectivity index (χ1) is 13.2. The lowest BCUT2D eigenvalue weighted by Crippen LogP contribution is -2.29. The molecule has 3 aromatic rings. The van der Waals surface area contributed by atoms with Crippen molar-refractivity contribution in [2.75, 3.05) is 5.88 Å². The molecule has 0 radical (unpaired) electrons. The number of carbonyl (C=O) groups excluding carboxylic acids is 2. The summed E-state index contributed by atoms with van der Waals surface area (Å²) in [7, 11) is 0. The van der Waals surface area contributed by atoms with Crippen LogP contribution in [0.3, 0.4) is 0 Å². The molecule has 0 fully saturated rings. The molecule has 1 aliphatic heterocycles. The average molecular weight is 378 g/mol. The van der Waals surface area contributed by atoms with E-state index in [2.05, 4.69) is 22.3 Å². The number of hydrogen-bond acceptors (Lipinski definition) is 5. The van der Waals surface area contributed by atoms with Crippen LogP contribution in [0.2, 0.25) is 0 Å². The van der Waals surface area contributed by atoms with Crippen molar-refractivity contribution < 1.29 is 9.59 Å². The highest BCUT2D eigenvalue weighted by Crippen LogP contribution is 2.27. The van der Waals surface area contributed by atoms with Gasteiger partial charge in [0.1, 0.15) is 5.82 Å². The summed E-state index contributed by atoms with van der Waals surface area (Å²) >= 11 is 1.35. The van der Waals surface area contributed by atoms with Gasteiger partial charge in [0, 0.05) is 13.0 Å². The Labute approximate surface area is 161 Å². The van der Waals surface area contributed by atoms with Gasteiger partial charge in [-0.3, -0.25) is 14.5 Å². The van der Waals surface area contributed by atoms with Crippen LogP contribution >= 0.6 is 11.8 Å². The van der Waals surface area contributed by atoms with Crippen molar-refractivity contribution in [3.8, 4) is 0 Å². The van der Waals surface area contributed by atoms with Crippen LogP contribution < -0.4 is 0 Å². The number of carbonyl (C=O) groups is 2. The number of amides is 2. The lowest BCUT2D eigenvalue weighted by Gasteiger charge is -2.13. The normalized spacial score (nSPS) is 13.3. The summed E-state index contributed by atoms with van der Waals surface area (Å²) in [5.41, 5.74) is 2.09. The molecule has 0 bridgehead atoms. The number of rotatable bonds is 6. The average Bonchev–Trinajstić information content (AvgIpc) is 3.20. The zero-order chi connectivity index (χ0) is 18.8. The van der Waals surface area contributed by atoms with E-state index in [-0.39, 0.29) is 17.7 Å². The van der Waals surface area contributed by atoms with Crippen LogP contribution in [-0.2, 0) is 13.0 Å². The lowest BCUT2D eigenvalue weighted by molar-refractivity contribution is 0.0684. The maximum Gasteiger partial charge on any atom is 0.262 e. The van der Waals surface area contributed by atoms with Crippen LogP contribution in [0.15, 0.2) is 59.8 Å². The van der Waals surface area contributed by atoms with E-state index in [0.29, 0.717) is 22.7 Å². The molecular weight excluding hydrogens is 360 g/mol. The van der Waals surface area contributed by atoms with Crippen molar-refractivity contribution in [1.29, 1.82) is 0 Å². The topological polar surface area (TPSA) is 68.1 Å². The monoisotopic (exact) mass is 378 g/mol. The van der Waals surface area contributed by atoms with Crippen molar-refractivity contribution in [3.63, 3.8) is 0 Å².